The first-order chi connectivity index (χ1) is 14.8. The van der Waals surface area contributed by atoms with E-state index in [2.05, 4.69) is 15.0 Å². The first-order valence-electron chi connectivity index (χ1n) is 9.72. The Kier molecular flexibility index (Phi) is 7.35. The number of hydrogen-bond acceptors (Lipinski definition) is 6. The number of anilines is 1. The van der Waals surface area contributed by atoms with Crippen molar-refractivity contribution >= 4 is 33.4 Å². The molecule has 0 bridgehead atoms. The van der Waals surface area contributed by atoms with E-state index in [-0.39, 0.29) is 16.1 Å². The summed E-state index contributed by atoms with van der Waals surface area (Å²) in [6, 6.07) is 10.4. The number of nitrogens with zero attached hydrogens (tertiary/aromatic N) is 1. The summed E-state index contributed by atoms with van der Waals surface area (Å²) < 4.78 is 45.6. The summed E-state index contributed by atoms with van der Waals surface area (Å²) in [6.45, 7) is 0.00678. The van der Waals surface area contributed by atoms with Gasteiger partial charge < -0.3 is 10.1 Å². The minimum Gasteiger partial charge on any atom is -0.452 e. The van der Waals surface area contributed by atoms with Crippen LogP contribution in [0.1, 0.15) is 36.0 Å². The third-order valence-electron chi connectivity index (χ3n) is 4.47. The molecule has 31 heavy (non-hydrogen) atoms. The number of nitrogens with one attached hydrogen (secondary N) is 2. The van der Waals surface area contributed by atoms with Crippen LogP contribution in [0.3, 0.4) is 0 Å². The van der Waals surface area contributed by atoms with E-state index >= 15 is 0 Å². The molecule has 0 saturated heterocycles. The smallest absolute Gasteiger partial charge is 0.338 e. The summed E-state index contributed by atoms with van der Waals surface area (Å²) in [5.41, 5.74) is 0.336. The van der Waals surface area contributed by atoms with Crippen LogP contribution in [0.5, 0.6) is 0 Å². The van der Waals surface area contributed by atoms with Crippen LogP contribution in [0.4, 0.5) is 10.1 Å². The van der Waals surface area contributed by atoms with Gasteiger partial charge in [0.15, 0.2) is 6.61 Å². The summed E-state index contributed by atoms with van der Waals surface area (Å²) in [4.78, 5) is 28.2. The fourth-order valence-corrected chi connectivity index (χ4v) is 4.04. The van der Waals surface area contributed by atoms with Crippen LogP contribution < -0.4 is 10.0 Å². The molecule has 10 heteroatoms. The van der Waals surface area contributed by atoms with E-state index in [1.165, 1.54) is 36.4 Å². The van der Waals surface area contributed by atoms with Gasteiger partial charge in [-0.25, -0.2) is 17.6 Å². The molecule has 2 N–H and O–H groups in total. The van der Waals surface area contributed by atoms with E-state index in [1.54, 1.807) is 0 Å². The first kappa shape index (κ1) is 22.4. The van der Waals surface area contributed by atoms with Crippen molar-refractivity contribution in [1.82, 2.24) is 4.72 Å². The molecule has 8 nitrogen and oxygen atoms in total. The van der Waals surface area contributed by atoms with Crippen molar-refractivity contribution in [3.8, 4) is 0 Å². The Hall–Kier alpha value is -3.27. The van der Waals surface area contributed by atoms with Gasteiger partial charge in [-0.15, -0.1) is 0 Å². The molecule has 2 aromatic rings. The number of benzene rings is 2. The zero-order chi connectivity index (χ0) is 22.3. The average Bonchev–Trinajstić information content (AvgIpc) is 3.01. The highest BCUT2D eigenvalue weighted by Crippen LogP contribution is 2.17. The summed E-state index contributed by atoms with van der Waals surface area (Å²) in [5.74, 6) is -1.49. The number of aliphatic imine (C=N–C) groups is 1. The maximum absolute atomic E-state index is 12.9. The lowest BCUT2D eigenvalue weighted by Crippen LogP contribution is -2.30. The number of ether oxygens (including phenoxy) is 1. The lowest BCUT2D eigenvalue weighted by molar-refractivity contribution is -0.119. The normalized spacial score (nSPS) is 14.2. The van der Waals surface area contributed by atoms with Gasteiger partial charge in [0.25, 0.3) is 15.9 Å². The molecular weight excluding hydrogens is 425 g/mol. The molecule has 1 aliphatic heterocycles. The first-order valence-corrected chi connectivity index (χ1v) is 11.2. The molecule has 0 aromatic heterocycles. The molecular formula is C21H22FN3O5S. The second-order valence-electron chi connectivity index (χ2n) is 6.90. The third kappa shape index (κ3) is 6.61. The van der Waals surface area contributed by atoms with E-state index in [9.17, 15) is 22.4 Å². The van der Waals surface area contributed by atoms with Crippen LogP contribution in [0, 0.1) is 5.82 Å². The second-order valence-corrected chi connectivity index (χ2v) is 8.59. The average molecular weight is 447 g/mol. The van der Waals surface area contributed by atoms with Crippen molar-refractivity contribution in [1.29, 1.82) is 0 Å². The molecule has 164 valence electrons. The predicted octanol–water partition coefficient (Wildman–Crippen LogP) is 2.87. The van der Waals surface area contributed by atoms with Gasteiger partial charge >= 0.3 is 5.97 Å². The van der Waals surface area contributed by atoms with E-state index < -0.39 is 34.3 Å². The van der Waals surface area contributed by atoms with Crippen LogP contribution in [0.15, 0.2) is 58.4 Å². The minimum absolute atomic E-state index is 0.0273. The molecule has 0 unspecified atom stereocenters. The maximum atomic E-state index is 12.9. The Labute approximate surface area is 179 Å². The van der Waals surface area contributed by atoms with Gasteiger partial charge in [-0.05, 0) is 55.3 Å². The second kappa shape index (κ2) is 10.2. The zero-order valence-electron chi connectivity index (χ0n) is 16.6. The Balaban J connectivity index is 1.59. The Morgan fingerprint density at radius 1 is 1.06 bits per heavy atom. The molecule has 0 fully saturated rings. The number of hydrogen-bond donors (Lipinski definition) is 2. The SMILES string of the molecule is O=C(COC(=O)c1ccc(F)cc1)Nc1cccc(S(=O)(=O)NC2=NCCCCC2)c1. The standard InChI is InChI=1S/C21H22FN3O5S/c22-16-10-8-15(9-11-16)21(27)30-14-20(26)24-17-5-4-6-18(13-17)31(28,29)25-19-7-2-1-3-12-23-19/h4-6,8-11,13H,1-3,7,12,14H2,(H,23,25)(H,24,26). The molecule has 1 aliphatic rings. The third-order valence-corrected chi connectivity index (χ3v) is 5.85. The fourth-order valence-electron chi connectivity index (χ4n) is 2.91. The van der Waals surface area contributed by atoms with Gasteiger partial charge in [0.1, 0.15) is 11.7 Å². The Morgan fingerprint density at radius 2 is 1.84 bits per heavy atom. The quantitative estimate of drug-likeness (QED) is 0.661. The number of halogens is 1. The van der Waals surface area contributed by atoms with E-state index in [0.717, 1.165) is 31.4 Å². The van der Waals surface area contributed by atoms with E-state index in [0.29, 0.717) is 18.8 Å². The summed E-state index contributed by atoms with van der Waals surface area (Å²) in [6.07, 6.45) is 3.36. The molecule has 0 radical (unpaired) electrons. The number of amidine groups is 1. The van der Waals surface area contributed by atoms with Crippen LogP contribution >= 0.6 is 0 Å². The van der Waals surface area contributed by atoms with Gasteiger partial charge in [-0.2, -0.15) is 0 Å². The highest BCUT2D eigenvalue weighted by molar-refractivity contribution is 7.90. The van der Waals surface area contributed by atoms with Crippen LogP contribution in [-0.4, -0.2) is 39.3 Å². The number of rotatable bonds is 6. The number of carbonyl (C=O) groups is 2. The molecule has 3 rings (SSSR count). The Morgan fingerprint density at radius 3 is 2.61 bits per heavy atom. The molecule has 0 saturated carbocycles. The molecule has 0 atom stereocenters. The fraction of sp³-hybridized carbons (Fsp3) is 0.286. The van der Waals surface area contributed by atoms with E-state index in [4.69, 9.17) is 4.74 Å². The molecule has 1 amide bonds. The monoisotopic (exact) mass is 447 g/mol. The number of esters is 1. The lowest BCUT2D eigenvalue weighted by Gasteiger charge is -2.11. The summed E-state index contributed by atoms with van der Waals surface area (Å²) >= 11 is 0. The van der Waals surface area contributed by atoms with Crippen molar-refractivity contribution in [2.45, 2.75) is 30.6 Å². The van der Waals surface area contributed by atoms with Crippen molar-refractivity contribution in [2.75, 3.05) is 18.5 Å². The highest BCUT2D eigenvalue weighted by Gasteiger charge is 2.18. The molecule has 0 spiro atoms. The Bertz CT molecular complexity index is 1080. The molecule has 1 heterocycles. The maximum Gasteiger partial charge on any atom is 0.338 e. The van der Waals surface area contributed by atoms with Gasteiger partial charge in [-0.3, -0.25) is 14.5 Å². The van der Waals surface area contributed by atoms with Gasteiger partial charge in [0.05, 0.1) is 10.5 Å². The zero-order valence-corrected chi connectivity index (χ0v) is 17.5. The van der Waals surface area contributed by atoms with Crippen LogP contribution in [0.25, 0.3) is 0 Å². The predicted molar refractivity (Wildman–Crippen MR) is 113 cm³/mol. The van der Waals surface area contributed by atoms with Gasteiger partial charge in [-0.1, -0.05) is 12.5 Å². The van der Waals surface area contributed by atoms with Gasteiger partial charge in [0.2, 0.25) is 0 Å². The van der Waals surface area contributed by atoms with Crippen molar-refractivity contribution < 1.29 is 27.1 Å². The molecule has 2 aromatic carbocycles. The highest BCUT2D eigenvalue weighted by atomic mass is 32.2. The van der Waals surface area contributed by atoms with Gasteiger partial charge in [0, 0.05) is 18.7 Å². The van der Waals surface area contributed by atoms with Crippen molar-refractivity contribution in [2.24, 2.45) is 4.99 Å². The van der Waals surface area contributed by atoms with Crippen LogP contribution in [0.2, 0.25) is 0 Å². The van der Waals surface area contributed by atoms with E-state index in [1.807, 2.05) is 0 Å². The summed E-state index contributed by atoms with van der Waals surface area (Å²) in [7, 11) is -3.85. The number of carbonyl (C=O) groups excluding carboxylic acids is 2. The lowest BCUT2D eigenvalue weighted by atomic mass is 10.2. The molecule has 0 aliphatic carbocycles. The largest absolute Gasteiger partial charge is 0.452 e. The number of amides is 1. The topological polar surface area (TPSA) is 114 Å². The van der Waals surface area contributed by atoms with Crippen molar-refractivity contribution in [3.63, 3.8) is 0 Å². The van der Waals surface area contributed by atoms with Crippen molar-refractivity contribution in [3.05, 3.63) is 59.9 Å². The summed E-state index contributed by atoms with van der Waals surface area (Å²) in [5, 5.41) is 2.49. The minimum atomic E-state index is -3.85. The van der Waals surface area contributed by atoms with Crippen LogP contribution in [-0.2, 0) is 19.6 Å². The number of sulfonamides is 1.